The van der Waals surface area contributed by atoms with Gasteiger partial charge in [0.1, 0.15) is 5.75 Å². The fourth-order valence-electron chi connectivity index (χ4n) is 3.05. The molecule has 1 saturated heterocycles. The van der Waals surface area contributed by atoms with E-state index in [2.05, 4.69) is 10.6 Å². The lowest BCUT2D eigenvalue weighted by atomic mass is 10.1. The number of alkyl halides is 2. The zero-order chi connectivity index (χ0) is 20.8. The minimum absolute atomic E-state index is 0.0779. The van der Waals surface area contributed by atoms with Gasteiger partial charge in [-0.25, -0.2) is 0 Å². The number of methoxy groups -OCH3 is 1. The number of hydrogen-bond donors (Lipinski definition) is 2. The van der Waals surface area contributed by atoms with Gasteiger partial charge in [-0.3, -0.25) is 4.79 Å². The quantitative estimate of drug-likeness (QED) is 0.470. The first-order valence-electron chi connectivity index (χ1n) is 9.07. The molecule has 1 aliphatic rings. The van der Waals surface area contributed by atoms with Crippen LogP contribution in [0.15, 0.2) is 47.4 Å². The van der Waals surface area contributed by atoms with Crippen molar-refractivity contribution < 1.29 is 18.3 Å². The van der Waals surface area contributed by atoms with Crippen molar-refractivity contribution in [3.8, 4) is 5.75 Å². The van der Waals surface area contributed by atoms with E-state index in [1.807, 2.05) is 12.1 Å². The molecule has 2 aromatic carbocycles. The van der Waals surface area contributed by atoms with Crippen LogP contribution in [-0.2, 0) is 4.79 Å². The molecular formula is C20H21F2N3O2S2. The summed E-state index contributed by atoms with van der Waals surface area (Å²) in [5, 5.41) is 6.45. The molecular weight excluding hydrogens is 416 g/mol. The summed E-state index contributed by atoms with van der Waals surface area (Å²) >= 11 is 5.84. The molecule has 0 radical (unpaired) electrons. The van der Waals surface area contributed by atoms with E-state index in [9.17, 15) is 13.6 Å². The van der Waals surface area contributed by atoms with E-state index in [0.717, 1.165) is 12.8 Å². The Labute approximate surface area is 177 Å². The molecule has 0 aliphatic carbocycles. The van der Waals surface area contributed by atoms with Crippen molar-refractivity contribution in [2.45, 2.75) is 29.9 Å². The fourth-order valence-corrected chi connectivity index (χ4v) is 3.79. The molecule has 2 aromatic rings. The van der Waals surface area contributed by atoms with Gasteiger partial charge in [-0.1, -0.05) is 11.8 Å². The van der Waals surface area contributed by atoms with Crippen molar-refractivity contribution in [2.75, 3.05) is 29.2 Å². The molecule has 0 aromatic heterocycles. The number of halogens is 2. The molecule has 29 heavy (non-hydrogen) atoms. The van der Waals surface area contributed by atoms with Gasteiger partial charge in [0.2, 0.25) is 5.91 Å². The van der Waals surface area contributed by atoms with Gasteiger partial charge in [0, 0.05) is 29.2 Å². The summed E-state index contributed by atoms with van der Waals surface area (Å²) in [4.78, 5) is 14.5. The Bertz CT molecular complexity index is 879. The molecule has 1 heterocycles. The average Bonchev–Trinajstić information content (AvgIpc) is 2.69. The Morgan fingerprint density at radius 3 is 2.48 bits per heavy atom. The van der Waals surface area contributed by atoms with Gasteiger partial charge < -0.3 is 20.3 Å². The number of piperidine rings is 1. The van der Waals surface area contributed by atoms with Crippen molar-refractivity contribution in [2.24, 2.45) is 0 Å². The standard InChI is InChI=1S/C20H21F2N3O2S2/c1-27-17-10-7-14(12-16(17)25-11-3-2-4-18(25)26)24-20(28)23-13-5-8-15(9-6-13)29-19(21)22/h5-10,12,19H,2-4,11H2,1H3,(H2,23,24,28). The van der Waals surface area contributed by atoms with E-state index in [-0.39, 0.29) is 5.91 Å². The molecule has 0 spiro atoms. The molecule has 0 bridgehead atoms. The molecule has 1 amide bonds. The van der Waals surface area contributed by atoms with Crippen LogP contribution >= 0.6 is 24.0 Å². The van der Waals surface area contributed by atoms with E-state index >= 15 is 0 Å². The Hall–Kier alpha value is -2.39. The topological polar surface area (TPSA) is 53.6 Å². The highest BCUT2D eigenvalue weighted by Crippen LogP contribution is 2.33. The summed E-state index contributed by atoms with van der Waals surface area (Å²) in [5.41, 5.74) is 2.10. The Morgan fingerprint density at radius 1 is 1.14 bits per heavy atom. The van der Waals surface area contributed by atoms with Crippen LogP contribution in [0.2, 0.25) is 0 Å². The lowest BCUT2D eigenvalue weighted by Crippen LogP contribution is -2.35. The predicted octanol–water partition coefficient (Wildman–Crippen LogP) is 5.34. The van der Waals surface area contributed by atoms with Crippen LogP contribution in [0.3, 0.4) is 0 Å². The predicted molar refractivity (Wildman–Crippen MR) is 117 cm³/mol. The number of ether oxygens (including phenoxy) is 1. The largest absolute Gasteiger partial charge is 0.495 e. The van der Waals surface area contributed by atoms with Crippen LogP contribution in [0.5, 0.6) is 5.75 Å². The normalized spacial score (nSPS) is 14.1. The highest BCUT2D eigenvalue weighted by atomic mass is 32.2. The molecule has 5 nitrogen and oxygen atoms in total. The van der Waals surface area contributed by atoms with Crippen LogP contribution in [0, 0.1) is 0 Å². The van der Waals surface area contributed by atoms with Crippen LogP contribution in [0.25, 0.3) is 0 Å². The number of nitrogens with zero attached hydrogens (tertiary/aromatic N) is 1. The van der Waals surface area contributed by atoms with Crippen LogP contribution < -0.4 is 20.3 Å². The maximum atomic E-state index is 12.4. The fraction of sp³-hybridized carbons (Fsp3) is 0.300. The summed E-state index contributed by atoms with van der Waals surface area (Å²) in [6.07, 6.45) is 2.38. The van der Waals surface area contributed by atoms with Gasteiger partial charge in [0.25, 0.3) is 5.76 Å². The molecule has 0 atom stereocenters. The number of anilines is 3. The smallest absolute Gasteiger partial charge is 0.288 e. The van der Waals surface area contributed by atoms with Gasteiger partial charge in [0.15, 0.2) is 5.11 Å². The third-order valence-corrected chi connectivity index (χ3v) is 5.31. The maximum absolute atomic E-state index is 12.4. The van der Waals surface area contributed by atoms with Gasteiger partial charge in [-0.15, -0.1) is 0 Å². The van der Waals surface area contributed by atoms with Crippen LogP contribution in [-0.4, -0.2) is 30.4 Å². The van der Waals surface area contributed by atoms with Crippen molar-refractivity contribution in [3.63, 3.8) is 0 Å². The number of carbonyl (C=O) groups excluding carboxylic acids is 1. The summed E-state index contributed by atoms with van der Waals surface area (Å²) < 4.78 is 30.2. The van der Waals surface area contributed by atoms with Crippen LogP contribution in [0.4, 0.5) is 25.8 Å². The number of rotatable bonds is 6. The van der Waals surface area contributed by atoms with Crippen molar-refractivity contribution in [1.29, 1.82) is 0 Å². The summed E-state index contributed by atoms with van der Waals surface area (Å²) in [6.45, 7) is 0.657. The Balaban J connectivity index is 1.68. The van der Waals surface area contributed by atoms with E-state index in [1.165, 1.54) is 0 Å². The highest BCUT2D eigenvalue weighted by molar-refractivity contribution is 7.99. The molecule has 3 rings (SSSR count). The van der Waals surface area contributed by atoms with Crippen molar-refractivity contribution in [3.05, 3.63) is 42.5 Å². The van der Waals surface area contributed by atoms with E-state index < -0.39 is 5.76 Å². The van der Waals surface area contributed by atoms with Crippen molar-refractivity contribution >= 4 is 52.1 Å². The number of thioether (sulfide) groups is 1. The Morgan fingerprint density at radius 2 is 1.83 bits per heavy atom. The zero-order valence-corrected chi connectivity index (χ0v) is 17.4. The first-order valence-corrected chi connectivity index (χ1v) is 10.4. The van der Waals surface area contributed by atoms with Crippen LogP contribution in [0.1, 0.15) is 19.3 Å². The van der Waals surface area contributed by atoms with E-state index in [0.29, 0.717) is 57.5 Å². The third kappa shape index (κ3) is 5.80. The first kappa shape index (κ1) is 21.3. The first-order chi connectivity index (χ1) is 14.0. The van der Waals surface area contributed by atoms with E-state index in [1.54, 1.807) is 42.3 Å². The highest BCUT2D eigenvalue weighted by Gasteiger charge is 2.23. The SMILES string of the molecule is COc1ccc(NC(=S)Nc2ccc(SC(F)F)cc2)cc1N1CCCCC1=O. The molecule has 1 aliphatic heterocycles. The summed E-state index contributed by atoms with van der Waals surface area (Å²) in [7, 11) is 1.57. The average molecular weight is 438 g/mol. The second-order valence-electron chi connectivity index (χ2n) is 6.37. The molecule has 1 fully saturated rings. The lowest BCUT2D eigenvalue weighted by Gasteiger charge is -2.28. The van der Waals surface area contributed by atoms with Gasteiger partial charge in [-0.2, -0.15) is 8.78 Å². The number of carbonyl (C=O) groups is 1. The molecule has 154 valence electrons. The van der Waals surface area contributed by atoms with E-state index in [4.69, 9.17) is 17.0 Å². The summed E-state index contributed by atoms with van der Waals surface area (Å²) in [6, 6.07) is 12.0. The van der Waals surface area contributed by atoms with Gasteiger partial charge in [0.05, 0.1) is 12.8 Å². The zero-order valence-electron chi connectivity index (χ0n) is 15.8. The maximum Gasteiger partial charge on any atom is 0.288 e. The second-order valence-corrected chi connectivity index (χ2v) is 7.84. The minimum Gasteiger partial charge on any atom is -0.495 e. The molecule has 9 heteroatoms. The third-order valence-electron chi connectivity index (χ3n) is 4.39. The number of thiocarbonyl (C=S) groups is 1. The monoisotopic (exact) mass is 437 g/mol. The number of benzene rings is 2. The minimum atomic E-state index is -2.45. The summed E-state index contributed by atoms with van der Waals surface area (Å²) in [5.74, 6) is -1.75. The lowest BCUT2D eigenvalue weighted by molar-refractivity contribution is -0.119. The molecule has 0 saturated carbocycles. The number of nitrogens with one attached hydrogen (secondary N) is 2. The molecule has 0 unspecified atom stereocenters. The number of hydrogen-bond acceptors (Lipinski definition) is 4. The Kier molecular flexibility index (Phi) is 7.27. The number of amides is 1. The van der Waals surface area contributed by atoms with Crippen molar-refractivity contribution in [1.82, 2.24) is 0 Å². The van der Waals surface area contributed by atoms with Gasteiger partial charge >= 0.3 is 0 Å². The molecule has 2 N–H and O–H groups in total. The second kappa shape index (κ2) is 9.89. The van der Waals surface area contributed by atoms with Gasteiger partial charge in [-0.05, 0) is 67.5 Å².